The Labute approximate surface area is 105 Å². The number of nitrogens with zero attached hydrogens (tertiary/aromatic N) is 6. The molecule has 1 fully saturated rings. The second kappa shape index (κ2) is 4.04. The van der Waals surface area contributed by atoms with E-state index < -0.39 is 0 Å². The Morgan fingerprint density at radius 3 is 2.44 bits per heavy atom. The van der Waals surface area contributed by atoms with Gasteiger partial charge in [0.05, 0.1) is 12.1 Å². The van der Waals surface area contributed by atoms with Gasteiger partial charge in [-0.3, -0.25) is 9.69 Å². The van der Waals surface area contributed by atoms with Crippen molar-refractivity contribution in [1.29, 1.82) is 0 Å². The number of rotatable bonds is 2. The standard InChI is InChI=1S/C10H16N6O2/c1-10(2,3)16-7(11-12-13-16)5-15-8(17)6-14(4)9(15)18/h5-6H2,1-4H3. The molecule has 0 bridgehead atoms. The summed E-state index contributed by atoms with van der Waals surface area (Å²) in [5.74, 6) is 0.269. The first-order valence-electron chi connectivity index (χ1n) is 5.64. The van der Waals surface area contributed by atoms with Crippen LogP contribution in [0.3, 0.4) is 0 Å². The van der Waals surface area contributed by atoms with Gasteiger partial charge < -0.3 is 4.90 Å². The van der Waals surface area contributed by atoms with Crippen LogP contribution in [-0.4, -0.2) is 55.5 Å². The molecule has 1 aromatic rings. The average Bonchev–Trinajstić information content (AvgIpc) is 2.79. The summed E-state index contributed by atoms with van der Waals surface area (Å²) >= 11 is 0. The lowest BCUT2D eigenvalue weighted by Crippen LogP contribution is -2.34. The molecule has 8 nitrogen and oxygen atoms in total. The van der Waals surface area contributed by atoms with Crippen LogP contribution < -0.4 is 0 Å². The van der Waals surface area contributed by atoms with Crippen LogP contribution in [0.25, 0.3) is 0 Å². The molecule has 0 spiro atoms. The number of hydrogen-bond donors (Lipinski definition) is 0. The predicted octanol–water partition coefficient (Wildman–Crippen LogP) is -0.178. The number of carbonyl (C=O) groups excluding carboxylic acids is 2. The van der Waals surface area contributed by atoms with Gasteiger partial charge in [-0.1, -0.05) is 0 Å². The Kier molecular flexibility index (Phi) is 2.80. The van der Waals surface area contributed by atoms with Crippen molar-refractivity contribution in [3.63, 3.8) is 0 Å². The Bertz CT molecular complexity index is 489. The molecule has 18 heavy (non-hydrogen) atoms. The lowest BCUT2D eigenvalue weighted by Gasteiger charge is -2.21. The molecule has 1 saturated heterocycles. The highest BCUT2D eigenvalue weighted by Crippen LogP contribution is 2.16. The van der Waals surface area contributed by atoms with Gasteiger partial charge in [-0.25, -0.2) is 9.48 Å². The van der Waals surface area contributed by atoms with E-state index in [4.69, 9.17) is 0 Å². The van der Waals surface area contributed by atoms with Crippen molar-refractivity contribution >= 4 is 11.9 Å². The maximum atomic E-state index is 11.8. The zero-order chi connectivity index (χ0) is 13.5. The van der Waals surface area contributed by atoms with Crippen molar-refractivity contribution < 1.29 is 9.59 Å². The van der Waals surface area contributed by atoms with Crippen molar-refractivity contribution in [2.45, 2.75) is 32.9 Å². The van der Waals surface area contributed by atoms with E-state index >= 15 is 0 Å². The molecular formula is C10H16N6O2. The normalized spacial score (nSPS) is 16.9. The number of hydrogen-bond acceptors (Lipinski definition) is 5. The monoisotopic (exact) mass is 252 g/mol. The first kappa shape index (κ1) is 12.5. The molecule has 0 N–H and O–H groups in total. The van der Waals surface area contributed by atoms with E-state index in [0.717, 1.165) is 4.90 Å². The third-order valence-corrected chi connectivity index (χ3v) is 2.70. The van der Waals surface area contributed by atoms with Gasteiger partial charge in [0.2, 0.25) is 0 Å². The molecule has 0 unspecified atom stereocenters. The average molecular weight is 252 g/mol. The fraction of sp³-hybridized carbons (Fsp3) is 0.700. The second-order valence-corrected chi connectivity index (χ2v) is 5.30. The molecular weight excluding hydrogens is 236 g/mol. The minimum Gasteiger partial charge on any atom is -0.318 e. The van der Waals surface area contributed by atoms with Crippen molar-refractivity contribution in [2.24, 2.45) is 0 Å². The first-order valence-corrected chi connectivity index (χ1v) is 5.64. The molecule has 0 saturated carbocycles. The summed E-state index contributed by atoms with van der Waals surface area (Å²) in [5, 5.41) is 11.4. The Balaban J connectivity index is 2.23. The lowest BCUT2D eigenvalue weighted by atomic mass is 10.1. The number of imide groups is 1. The third kappa shape index (κ3) is 2.05. The van der Waals surface area contributed by atoms with Crippen LogP contribution in [0, 0.1) is 0 Å². The summed E-state index contributed by atoms with van der Waals surface area (Å²) in [5.41, 5.74) is -0.295. The number of aromatic nitrogens is 4. The largest absolute Gasteiger partial charge is 0.327 e. The summed E-state index contributed by atoms with van der Waals surface area (Å²) in [6.07, 6.45) is 0. The number of amides is 3. The summed E-state index contributed by atoms with van der Waals surface area (Å²) in [4.78, 5) is 26.0. The summed E-state index contributed by atoms with van der Waals surface area (Å²) in [7, 11) is 1.59. The van der Waals surface area contributed by atoms with Crippen molar-refractivity contribution in [3.05, 3.63) is 5.82 Å². The van der Waals surface area contributed by atoms with Crippen LogP contribution >= 0.6 is 0 Å². The van der Waals surface area contributed by atoms with E-state index in [1.54, 1.807) is 11.7 Å². The lowest BCUT2D eigenvalue weighted by molar-refractivity contribution is -0.125. The summed E-state index contributed by atoms with van der Waals surface area (Å²) < 4.78 is 1.62. The van der Waals surface area contributed by atoms with Crippen LogP contribution in [0.1, 0.15) is 26.6 Å². The SMILES string of the molecule is CN1CC(=O)N(Cc2nnnn2C(C)(C)C)C1=O. The van der Waals surface area contributed by atoms with Crippen LogP contribution in [0.15, 0.2) is 0 Å². The molecule has 1 aliphatic heterocycles. The van der Waals surface area contributed by atoms with E-state index in [0.29, 0.717) is 5.82 Å². The van der Waals surface area contributed by atoms with Gasteiger partial charge in [0.25, 0.3) is 5.91 Å². The summed E-state index contributed by atoms with van der Waals surface area (Å²) in [6, 6.07) is -0.316. The van der Waals surface area contributed by atoms with Gasteiger partial charge in [0.15, 0.2) is 5.82 Å². The van der Waals surface area contributed by atoms with Crippen LogP contribution in [-0.2, 0) is 16.9 Å². The highest BCUT2D eigenvalue weighted by atomic mass is 16.2. The molecule has 0 aliphatic carbocycles. The van der Waals surface area contributed by atoms with Crippen LogP contribution in [0.2, 0.25) is 0 Å². The smallest absolute Gasteiger partial charge is 0.318 e. The fourth-order valence-corrected chi connectivity index (χ4v) is 1.79. The second-order valence-electron chi connectivity index (χ2n) is 5.30. The molecule has 8 heteroatoms. The number of carbonyl (C=O) groups is 2. The van der Waals surface area contributed by atoms with E-state index in [-0.39, 0.29) is 30.6 Å². The van der Waals surface area contributed by atoms with Crippen LogP contribution in [0.5, 0.6) is 0 Å². The minimum atomic E-state index is -0.316. The number of tetrazole rings is 1. The molecule has 0 radical (unpaired) electrons. The van der Waals surface area contributed by atoms with E-state index in [2.05, 4.69) is 15.5 Å². The zero-order valence-electron chi connectivity index (χ0n) is 10.9. The molecule has 2 heterocycles. The van der Waals surface area contributed by atoms with Crippen molar-refractivity contribution in [2.75, 3.05) is 13.6 Å². The summed E-state index contributed by atoms with van der Waals surface area (Å²) in [6.45, 7) is 6.06. The van der Waals surface area contributed by atoms with Crippen molar-refractivity contribution in [3.8, 4) is 0 Å². The number of urea groups is 1. The zero-order valence-corrected chi connectivity index (χ0v) is 10.9. The van der Waals surface area contributed by atoms with Gasteiger partial charge in [0, 0.05) is 7.05 Å². The van der Waals surface area contributed by atoms with Crippen LogP contribution in [0.4, 0.5) is 4.79 Å². The maximum Gasteiger partial charge on any atom is 0.327 e. The number of likely N-dealkylation sites (N-methyl/N-ethyl adjacent to an activating group) is 1. The van der Waals surface area contributed by atoms with Gasteiger partial charge in [-0.15, -0.1) is 5.10 Å². The first-order chi connectivity index (χ1) is 8.30. The van der Waals surface area contributed by atoms with Gasteiger partial charge >= 0.3 is 6.03 Å². The molecule has 3 amide bonds. The van der Waals surface area contributed by atoms with Gasteiger partial charge in [-0.05, 0) is 31.2 Å². The fourth-order valence-electron chi connectivity index (χ4n) is 1.79. The molecule has 0 aromatic carbocycles. The molecule has 98 valence electrons. The Morgan fingerprint density at radius 2 is 1.94 bits per heavy atom. The third-order valence-electron chi connectivity index (χ3n) is 2.70. The van der Waals surface area contributed by atoms with Gasteiger partial charge in [-0.2, -0.15) is 0 Å². The highest BCUT2D eigenvalue weighted by Gasteiger charge is 2.35. The Hall–Kier alpha value is -1.99. The minimum absolute atomic E-state index is 0.103. The molecule has 1 aromatic heterocycles. The maximum absolute atomic E-state index is 11.8. The van der Waals surface area contributed by atoms with E-state index in [9.17, 15) is 9.59 Å². The molecule has 0 atom stereocenters. The topological polar surface area (TPSA) is 84.2 Å². The Morgan fingerprint density at radius 1 is 1.28 bits per heavy atom. The molecule has 2 rings (SSSR count). The molecule has 1 aliphatic rings. The van der Waals surface area contributed by atoms with E-state index in [1.165, 1.54) is 4.90 Å². The van der Waals surface area contributed by atoms with E-state index in [1.807, 2.05) is 20.8 Å². The van der Waals surface area contributed by atoms with Gasteiger partial charge in [0.1, 0.15) is 6.54 Å². The van der Waals surface area contributed by atoms with Crippen molar-refractivity contribution in [1.82, 2.24) is 30.0 Å². The predicted molar refractivity (Wildman–Crippen MR) is 61.4 cm³/mol. The highest BCUT2D eigenvalue weighted by molar-refractivity contribution is 6.01. The quantitative estimate of drug-likeness (QED) is 0.682.